The van der Waals surface area contributed by atoms with E-state index in [2.05, 4.69) is 9.71 Å². The third-order valence-corrected chi connectivity index (χ3v) is 5.09. The van der Waals surface area contributed by atoms with Crippen LogP contribution in [0.5, 0.6) is 5.75 Å². The lowest BCUT2D eigenvalue weighted by Gasteiger charge is -2.32. The fourth-order valence-corrected chi connectivity index (χ4v) is 2.81. The predicted molar refractivity (Wildman–Crippen MR) is 92.1 cm³/mol. The van der Waals surface area contributed by atoms with Gasteiger partial charge in [0, 0.05) is 5.46 Å². The smallest absolute Gasteiger partial charge is 0.489 e. The standard InChI is InChI=1S/C15H23BN2O5S/c1-14(2)15(3,4)23-16(22-14)11-8-13(18-24(5,19)20)17-9-12(11)21-10-6-7-10/h8-10H,6-7H2,1-5H3,(H,17,18). The van der Waals surface area contributed by atoms with Gasteiger partial charge in [-0.15, -0.1) is 0 Å². The monoisotopic (exact) mass is 354 g/mol. The number of nitrogens with one attached hydrogen (secondary N) is 1. The molecule has 3 rings (SSSR count). The van der Waals surface area contributed by atoms with Crippen LogP contribution in [0.3, 0.4) is 0 Å². The SMILES string of the molecule is CC1(C)OB(c2cc(NS(C)(=O)=O)ncc2OC2CC2)OC1(C)C. The van der Waals surface area contributed by atoms with E-state index in [4.69, 9.17) is 14.0 Å². The fraction of sp³-hybridized carbons (Fsp3) is 0.667. The van der Waals surface area contributed by atoms with Crippen LogP contribution in [0, 0.1) is 0 Å². The maximum absolute atomic E-state index is 11.5. The van der Waals surface area contributed by atoms with Gasteiger partial charge in [0.15, 0.2) is 0 Å². The highest BCUT2D eigenvalue weighted by atomic mass is 32.2. The molecular weight excluding hydrogens is 331 g/mol. The van der Waals surface area contributed by atoms with Crippen LogP contribution < -0.4 is 14.9 Å². The van der Waals surface area contributed by atoms with Crippen molar-refractivity contribution in [2.45, 2.75) is 57.8 Å². The number of hydrogen-bond donors (Lipinski definition) is 1. The second-order valence-corrected chi connectivity index (χ2v) is 9.14. The lowest BCUT2D eigenvalue weighted by atomic mass is 9.79. The Morgan fingerprint density at radius 3 is 2.33 bits per heavy atom. The number of rotatable bonds is 5. The van der Waals surface area contributed by atoms with Crippen molar-refractivity contribution in [1.82, 2.24) is 4.98 Å². The molecule has 2 aliphatic rings. The Morgan fingerprint density at radius 2 is 1.83 bits per heavy atom. The molecule has 0 unspecified atom stereocenters. The van der Waals surface area contributed by atoms with Gasteiger partial charge in [-0.3, -0.25) is 4.72 Å². The van der Waals surface area contributed by atoms with E-state index in [0.717, 1.165) is 19.1 Å². The first-order chi connectivity index (χ1) is 11.0. The Balaban J connectivity index is 1.95. The van der Waals surface area contributed by atoms with Gasteiger partial charge in [-0.25, -0.2) is 13.4 Å². The van der Waals surface area contributed by atoms with E-state index in [1.165, 1.54) is 6.20 Å². The molecule has 2 heterocycles. The molecule has 0 amide bonds. The first-order valence-corrected chi connectivity index (χ1v) is 9.86. The highest BCUT2D eigenvalue weighted by Gasteiger charge is 2.52. The van der Waals surface area contributed by atoms with Crippen molar-refractivity contribution in [2.24, 2.45) is 0 Å². The molecule has 1 saturated heterocycles. The van der Waals surface area contributed by atoms with Crippen LogP contribution in [0.25, 0.3) is 0 Å². The summed E-state index contributed by atoms with van der Waals surface area (Å²) in [6.45, 7) is 7.85. The van der Waals surface area contributed by atoms with Crippen LogP contribution in [-0.4, -0.2) is 44.1 Å². The van der Waals surface area contributed by atoms with Gasteiger partial charge in [-0.2, -0.15) is 0 Å². The number of nitrogens with zero attached hydrogens (tertiary/aromatic N) is 1. The summed E-state index contributed by atoms with van der Waals surface area (Å²) in [5.41, 5.74) is -0.355. The molecule has 1 aliphatic heterocycles. The summed E-state index contributed by atoms with van der Waals surface area (Å²) in [6, 6.07) is 1.61. The molecule has 0 bridgehead atoms. The Morgan fingerprint density at radius 1 is 1.25 bits per heavy atom. The lowest BCUT2D eigenvalue weighted by Crippen LogP contribution is -2.41. The molecule has 9 heteroatoms. The summed E-state index contributed by atoms with van der Waals surface area (Å²) >= 11 is 0. The molecule has 0 atom stereocenters. The minimum atomic E-state index is -3.42. The quantitative estimate of drug-likeness (QED) is 0.802. The maximum Gasteiger partial charge on any atom is 0.498 e. The number of pyridine rings is 1. The number of sulfonamides is 1. The topological polar surface area (TPSA) is 86.8 Å². The van der Waals surface area contributed by atoms with Crippen LogP contribution >= 0.6 is 0 Å². The Labute approximate surface area is 143 Å². The van der Waals surface area contributed by atoms with Crippen LogP contribution in [0.15, 0.2) is 12.3 Å². The molecule has 0 aromatic carbocycles. The van der Waals surface area contributed by atoms with Gasteiger partial charge in [-0.05, 0) is 46.6 Å². The van der Waals surface area contributed by atoms with Crippen molar-refractivity contribution in [1.29, 1.82) is 0 Å². The zero-order valence-corrected chi connectivity index (χ0v) is 15.4. The second kappa shape index (κ2) is 5.61. The van der Waals surface area contributed by atoms with Crippen molar-refractivity contribution in [3.8, 4) is 5.75 Å². The third kappa shape index (κ3) is 3.68. The molecular formula is C15H23BN2O5S. The highest BCUT2D eigenvalue weighted by Crippen LogP contribution is 2.37. The maximum atomic E-state index is 11.5. The summed E-state index contributed by atoms with van der Waals surface area (Å²) in [6.07, 6.45) is 4.80. The molecule has 0 spiro atoms. The molecule has 2 fully saturated rings. The van der Waals surface area contributed by atoms with Gasteiger partial charge in [-0.1, -0.05) is 0 Å². The predicted octanol–water partition coefficient (Wildman–Crippen LogP) is 1.29. The van der Waals surface area contributed by atoms with E-state index in [9.17, 15) is 8.42 Å². The van der Waals surface area contributed by atoms with Crippen molar-refractivity contribution in [3.05, 3.63) is 12.3 Å². The van der Waals surface area contributed by atoms with Crippen molar-refractivity contribution < 1.29 is 22.5 Å². The molecule has 1 aromatic heterocycles. The summed E-state index contributed by atoms with van der Waals surface area (Å²) in [5, 5.41) is 0. The average Bonchev–Trinajstić information content (AvgIpc) is 3.17. The molecule has 7 nitrogen and oxygen atoms in total. The van der Waals surface area contributed by atoms with Gasteiger partial charge in [0.05, 0.1) is 29.8 Å². The highest BCUT2D eigenvalue weighted by molar-refractivity contribution is 7.92. The largest absolute Gasteiger partial charge is 0.498 e. The van der Waals surface area contributed by atoms with E-state index in [0.29, 0.717) is 11.2 Å². The Kier molecular flexibility index (Phi) is 4.09. The average molecular weight is 354 g/mol. The second-order valence-electron chi connectivity index (χ2n) is 7.39. The summed E-state index contributed by atoms with van der Waals surface area (Å²) in [7, 11) is -4.07. The third-order valence-electron chi connectivity index (χ3n) is 4.51. The Hall–Kier alpha value is -1.32. The zero-order chi connectivity index (χ0) is 17.8. The van der Waals surface area contributed by atoms with Crippen molar-refractivity contribution >= 4 is 28.4 Å². The van der Waals surface area contributed by atoms with E-state index in [1.54, 1.807) is 6.07 Å². The van der Waals surface area contributed by atoms with E-state index in [1.807, 2.05) is 27.7 Å². The summed E-state index contributed by atoms with van der Waals surface area (Å²) in [4.78, 5) is 4.12. The Bertz CT molecular complexity index is 730. The number of hydrogen-bond acceptors (Lipinski definition) is 6. The van der Waals surface area contributed by atoms with Gasteiger partial charge in [0.25, 0.3) is 0 Å². The number of aromatic nitrogens is 1. The van der Waals surface area contributed by atoms with Gasteiger partial charge in [0.2, 0.25) is 10.0 Å². The molecule has 24 heavy (non-hydrogen) atoms. The van der Waals surface area contributed by atoms with Crippen LogP contribution in [0.4, 0.5) is 5.82 Å². The molecule has 132 valence electrons. The first-order valence-electron chi connectivity index (χ1n) is 7.97. The number of anilines is 1. The number of ether oxygens (including phenoxy) is 1. The minimum absolute atomic E-state index is 0.182. The summed E-state index contributed by atoms with van der Waals surface area (Å²) < 4.78 is 43.3. The molecule has 1 saturated carbocycles. The minimum Gasteiger partial charge on any atom is -0.489 e. The van der Waals surface area contributed by atoms with Crippen LogP contribution in [0.1, 0.15) is 40.5 Å². The lowest BCUT2D eigenvalue weighted by molar-refractivity contribution is 0.00578. The molecule has 1 N–H and O–H groups in total. The van der Waals surface area contributed by atoms with Gasteiger partial charge < -0.3 is 14.0 Å². The zero-order valence-electron chi connectivity index (χ0n) is 14.6. The van der Waals surface area contributed by atoms with E-state index >= 15 is 0 Å². The molecule has 1 aliphatic carbocycles. The first kappa shape index (κ1) is 17.5. The van der Waals surface area contributed by atoms with E-state index < -0.39 is 28.3 Å². The van der Waals surface area contributed by atoms with Gasteiger partial charge in [0.1, 0.15) is 11.6 Å². The molecule has 1 aromatic rings. The van der Waals surface area contributed by atoms with Gasteiger partial charge >= 0.3 is 7.12 Å². The van der Waals surface area contributed by atoms with Crippen molar-refractivity contribution in [2.75, 3.05) is 11.0 Å². The fourth-order valence-electron chi connectivity index (χ4n) is 2.32. The van der Waals surface area contributed by atoms with Crippen LogP contribution in [-0.2, 0) is 19.3 Å². The summed E-state index contributed by atoms with van der Waals surface area (Å²) in [5.74, 6) is 0.778. The van der Waals surface area contributed by atoms with E-state index in [-0.39, 0.29) is 11.9 Å². The van der Waals surface area contributed by atoms with Crippen molar-refractivity contribution in [3.63, 3.8) is 0 Å². The molecule has 0 radical (unpaired) electrons. The van der Waals surface area contributed by atoms with Crippen LogP contribution in [0.2, 0.25) is 0 Å². The normalized spacial score (nSPS) is 22.5.